The van der Waals surface area contributed by atoms with E-state index in [1.165, 1.54) is 28.5 Å². The van der Waals surface area contributed by atoms with Crippen LogP contribution in [0.4, 0.5) is 22.0 Å². The summed E-state index contributed by atoms with van der Waals surface area (Å²) in [7, 11) is 0. The highest BCUT2D eigenvalue weighted by Crippen LogP contribution is 2.30. The van der Waals surface area contributed by atoms with Gasteiger partial charge in [0.25, 0.3) is 5.91 Å². The quantitative estimate of drug-likeness (QED) is 0.259. The van der Waals surface area contributed by atoms with Crippen LogP contribution in [0, 0.1) is 11.6 Å². The standard InChI is InChI=1S/C21H18F5N5O3/c22-17-5-4-13(8-18(17)23)20(33)27-10-15-11-31(30-28-15)16(9-19(32)29-34)7-12-2-1-3-14(6-12)21(24,25)26/h1-6,8,11,16,34H,7,9-10H2,(H,27,33)(H,29,32)/t16-/m1/s1. The van der Waals surface area contributed by atoms with Crippen molar-refractivity contribution in [2.75, 3.05) is 0 Å². The molecule has 0 saturated carbocycles. The third-order valence-corrected chi connectivity index (χ3v) is 4.82. The fourth-order valence-electron chi connectivity index (χ4n) is 3.15. The van der Waals surface area contributed by atoms with Gasteiger partial charge in [0, 0.05) is 5.56 Å². The Labute approximate surface area is 189 Å². The third-order valence-electron chi connectivity index (χ3n) is 4.82. The molecule has 0 aliphatic heterocycles. The molecule has 0 aliphatic carbocycles. The molecule has 0 unspecified atom stereocenters. The van der Waals surface area contributed by atoms with E-state index in [4.69, 9.17) is 5.21 Å². The number of carbonyl (C=O) groups excluding carboxylic acids is 2. The first kappa shape index (κ1) is 24.8. The zero-order chi connectivity index (χ0) is 24.9. The summed E-state index contributed by atoms with van der Waals surface area (Å²) in [5.41, 5.74) is 0.999. The van der Waals surface area contributed by atoms with Gasteiger partial charge in [-0.3, -0.25) is 14.8 Å². The van der Waals surface area contributed by atoms with Crippen LogP contribution in [0.15, 0.2) is 48.7 Å². The van der Waals surface area contributed by atoms with Crippen molar-refractivity contribution >= 4 is 11.8 Å². The van der Waals surface area contributed by atoms with E-state index in [2.05, 4.69) is 15.6 Å². The van der Waals surface area contributed by atoms with Gasteiger partial charge < -0.3 is 5.32 Å². The van der Waals surface area contributed by atoms with Crippen molar-refractivity contribution in [1.82, 2.24) is 25.8 Å². The summed E-state index contributed by atoms with van der Waals surface area (Å²) in [5.74, 6) is -3.77. The molecule has 0 fully saturated rings. The van der Waals surface area contributed by atoms with Gasteiger partial charge in [0.15, 0.2) is 11.6 Å². The smallest absolute Gasteiger partial charge is 0.346 e. The minimum Gasteiger partial charge on any atom is -0.346 e. The van der Waals surface area contributed by atoms with E-state index in [1.807, 2.05) is 0 Å². The zero-order valence-corrected chi connectivity index (χ0v) is 17.3. The van der Waals surface area contributed by atoms with Crippen molar-refractivity contribution in [3.63, 3.8) is 0 Å². The van der Waals surface area contributed by atoms with E-state index in [-0.39, 0.29) is 36.2 Å². The number of nitrogens with zero attached hydrogens (tertiary/aromatic N) is 3. The molecule has 1 heterocycles. The van der Waals surface area contributed by atoms with Gasteiger partial charge in [-0.2, -0.15) is 13.2 Å². The van der Waals surface area contributed by atoms with Crippen LogP contribution in [0.2, 0.25) is 0 Å². The van der Waals surface area contributed by atoms with Crippen LogP contribution in [0.5, 0.6) is 0 Å². The maximum absolute atomic E-state index is 13.3. The number of hydrogen-bond donors (Lipinski definition) is 3. The molecule has 180 valence electrons. The molecule has 2 amide bonds. The Balaban J connectivity index is 1.73. The molecule has 3 N–H and O–H groups in total. The topological polar surface area (TPSA) is 109 Å². The normalized spacial score (nSPS) is 12.3. The molecule has 13 heteroatoms. The Morgan fingerprint density at radius 3 is 2.53 bits per heavy atom. The number of carbonyl (C=O) groups is 2. The first-order valence-corrected chi connectivity index (χ1v) is 9.80. The lowest BCUT2D eigenvalue weighted by Gasteiger charge is -2.17. The number of hydroxylamine groups is 1. The Bertz CT molecular complexity index is 1180. The molecule has 1 atom stereocenters. The van der Waals surface area contributed by atoms with Crippen LogP contribution in [0.1, 0.15) is 39.6 Å². The molecule has 3 rings (SSSR count). The van der Waals surface area contributed by atoms with Gasteiger partial charge in [0.2, 0.25) is 5.91 Å². The van der Waals surface area contributed by atoms with Crippen molar-refractivity contribution in [1.29, 1.82) is 0 Å². The van der Waals surface area contributed by atoms with Crippen LogP contribution in [-0.4, -0.2) is 32.0 Å². The lowest BCUT2D eigenvalue weighted by molar-refractivity contribution is -0.137. The van der Waals surface area contributed by atoms with E-state index in [0.717, 1.165) is 30.3 Å². The Kier molecular flexibility index (Phi) is 7.56. The number of nitrogens with one attached hydrogen (secondary N) is 2. The third kappa shape index (κ3) is 6.34. The number of aromatic nitrogens is 3. The van der Waals surface area contributed by atoms with Crippen LogP contribution in [0.3, 0.4) is 0 Å². The largest absolute Gasteiger partial charge is 0.416 e. The highest BCUT2D eigenvalue weighted by molar-refractivity contribution is 5.94. The lowest BCUT2D eigenvalue weighted by atomic mass is 10.0. The number of hydrogen-bond acceptors (Lipinski definition) is 5. The lowest BCUT2D eigenvalue weighted by Crippen LogP contribution is -2.25. The minimum atomic E-state index is -4.54. The van der Waals surface area contributed by atoms with Gasteiger partial charge in [0.05, 0.1) is 30.8 Å². The fraction of sp³-hybridized carbons (Fsp3) is 0.238. The van der Waals surface area contributed by atoms with Crippen molar-refractivity contribution in [3.05, 3.63) is 82.7 Å². The molecule has 0 radical (unpaired) electrons. The zero-order valence-electron chi connectivity index (χ0n) is 17.3. The molecule has 0 spiro atoms. The summed E-state index contributed by atoms with van der Waals surface area (Å²) >= 11 is 0. The van der Waals surface area contributed by atoms with Gasteiger partial charge >= 0.3 is 6.18 Å². The number of alkyl halides is 3. The van der Waals surface area contributed by atoms with E-state index in [9.17, 15) is 31.5 Å². The van der Waals surface area contributed by atoms with Gasteiger partial charge in [0.1, 0.15) is 5.69 Å². The monoisotopic (exact) mass is 483 g/mol. The molecular weight excluding hydrogens is 465 g/mol. The highest BCUT2D eigenvalue weighted by Gasteiger charge is 2.30. The molecule has 0 aliphatic rings. The number of amides is 2. The molecule has 3 aromatic rings. The predicted molar refractivity (Wildman–Crippen MR) is 106 cm³/mol. The molecule has 0 bridgehead atoms. The van der Waals surface area contributed by atoms with Crippen molar-refractivity contribution in [3.8, 4) is 0 Å². The van der Waals surface area contributed by atoms with Crippen LogP contribution >= 0.6 is 0 Å². The van der Waals surface area contributed by atoms with Crippen molar-refractivity contribution < 1.29 is 36.7 Å². The fourth-order valence-corrected chi connectivity index (χ4v) is 3.15. The first-order valence-electron chi connectivity index (χ1n) is 9.80. The average Bonchev–Trinajstić information content (AvgIpc) is 3.27. The molecule has 8 nitrogen and oxygen atoms in total. The summed E-state index contributed by atoms with van der Waals surface area (Å²) in [6.45, 7) is -0.152. The Morgan fingerprint density at radius 2 is 1.85 bits per heavy atom. The minimum absolute atomic E-state index is 0.0403. The molecular formula is C21H18F5N5O3. The summed E-state index contributed by atoms with van der Waals surface area (Å²) in [6.07, 6.45) is -3.54. The first-order chi connectivity index (χ1) is 16.1. The Morgan fingerprint density at radius 1 is 1.09 bits per heavy atom. The van der Waals surface area contributed by atoms with Crippen LogP contribution in [-0.2, 0) is 23.9 Å². The number of rotatable bonds is 8. The second-order valence-corrected chi connectivity index (χ2v) is 7.30. The summed E-state index contributed by atoms with van der Waals surface area (Å²) in [6, 6.07) is 6.40. The molecule has 2 aromatic carbocycles. The van der Waals surface area contributed by atoms with E-state index < -0.39 is 41.2 Å². The maximum Gasteiger partial charge on any atom is 0.416 e. The summed E-state index contributed by atoms with van der Waals surface area (Å²) < 4.78 is 66.6. The highest BCUT2D eigenvalue weighted by atomic mass is 19.4. The van der Waals surface area contributed by atoms with Crippen molar-refractivity contribution in [2.24, 2.45) is 0 Å². The van der Waals surface area contributed by atoms with Gasteiger partial charge in [-0.25, -0.2) is 18.9 Å². The molecule has 1 aromatic heterocycles. The Hall–Kier alpha value is -3.87. The van der Waals surface area contributed by atoms with Gasteiger partial charge in [-0.05, 0) is 36.2 Å². The second kappa shape index (κ2) is 10.4. The molecule has 34 heavy (non-hydrogen) atoms. The number of benzene rings is 2. The maximum atomic E-state index is 13.3. The van der Waals surface area contributed by atoms with Gasteiger partial charge in [-0.15, -0.1) is 5.10 Å². The predicted octanol–water partition coefficient (Wildman–Crippen LogP) is 3.18. The van der Waals surface area contributed by atoms with E-state index in [1.54, 1.807) is 0 Å². The second-order valence-electron chi connectivity index (χ2n) is 7.30. The van der Waals surface area contributed by atoms with Crippen molar-refractivity contribution in [2.45, 2.75) is 31.6 Å². The van der Waals surface area contributed by atoms with E-state index in [0.29, 0.717) is 0 Å². The molecule has 0 saturated heterocycles. The summed E-state index contributed by atoms with van der Waals surface area (Å²) in [4.78, 5) is 23.9. The summed E-state index contributed by atoms with van der Waals surface area (Å²) in [5, 5.41) is 19.0. The average molecular weight is 483 g/mol. The van der Waals surface area contributed by atoms with Crippen LogP contribution in [0.25, 0.3) is 0 Å². The van der Waals surface area contributed by atoms with Crippen LogP contribution < -0.4 is 10.8 Å². The number of halogens is 5. The van der Waals surface area contributed by atoms with E-state index >= 15 is 0 Å². The SMILES string of the molecule is O=C(C[C@@H](Cc1cccc(C(F)(F)F)c1)n1cc(CNC(=O)c2ccc(F)c(F)c2)nn1)NO. The van der Waals surface area contributed by atoms with Gasteiger partial charge in [-0.1, -0.05) is 23.4 Å².